The van der Waals surface area contributed by atoms with Gasteiger partial charge >= 0.3 is 6.18 Å². The summed E-state index contributed by atoms with van der Waals surface area (Å²) in [5.74, 6) is -0.713. The van der Waals surface area contributed by atoms with Gasteiger partial charge in [0.15, 0.2) is 0 Å². The minimum Gasteiger partial charge on any atom is -0.402 e. The number of anilines is 1. The molecule has 0 unspecified atom stereocenters. The Labute approximate surface area is 182 Å². The van der Waals surface area contributed by atoms with Gasteiger partial charge in [0, 0.05) is 25.0 Å². The Morgan fingerprint density at radius 2 is 1.81 bits per heavy atom. The van der Waals surface area contributed by atoms with Gasteiger partial charge in [0.2, 0.25) is 0 Å². The predicted octanol–water partition coefficient (Wildman–Crippen LogP) is 5.14. The Balaban J connectivity index is 0.000000592. The van der Waals surface area contributed by atoms with E-state index in [4.69, 9.17) is 11.5 Å². The highest BCUT2D eigenvalue weighted by Gasteiger charge is 2.31. The number of hydrogen-bond acceptors (Lipinski definition) is 4. The molecule has 8 heteroatoms. The summed E-state index contributed by atoms with van der Waals surface area (Å²) >= 11 is 0. The molecule has 0 spiro atoms. The molecule has 1 amide bonds. The van der Waals surface area contributed by atoms with E-state index in [9.17, 15) is 18.0 Å². The molecule has 0 aliphatic carbocycles. The van der Waals surface area contributed by atoms with Gasteiger partial charge in [0.25, 0.3) is 5.91 Å². The first-order chi connectivity index (χ1) is 14.2. The predicted molar refractivity (Wildman–Crippen MR) is 122 cm³/mol. The molecule has 5 N–H and O–H groups in total. The van der Waals surface area contributed by atoms with Crippen molar-refractivity contribution in [3.63, 3.8) is 0 Å². The SMILES string of the molecule is CCCC(C)(C)C.CN=C(C1=Cc2ccc(C(F)(F)F)cc2NC1)/C(C(N)=O)=C(\C)N. The Bertz CT molecular complexity index is 887. The highest BCUT2D eigenvalue weighted by atomic mass is 19.4. The zero-order valence-corrected chi connectivity index (χ0v) is 19.1. The normalized spacial score (nSPS) is 15.0. The summed E-state index contributed by atoms with van der Waals surface area (Å²) in [7, 11) is 1.49. The number of hydrogen-bond donors (Lipinski definition) is 3. The summed E-state index contributed by atoms with van der Waals surface area (Å²) in [5, 5.41) is 2.91. The topological polar surface area (TPSA) is 93.5 Å². The molecule has 1 aliphatic rings. The van der Waals surface area contributed by atoms with Crippen molar-refractivity contribution in [2.75, 3.05) is 18.9 Å². The number of nitrogens with zero attached hydrogens (tertiary/aromatic N) is 1. The van der Waals surface area contributed by atoms with Crippen molar-refractivity contribution in [2.24, 2.45) is 21.9 Å². The van der Waals surface area contributed by atoms with Crippen LogP contribution >= 0.6 is 0 Å². The van der Waals surface area contributed by atoms with Crippen LogP contribution < -0.4 is 16.8 Å². The van der Waals surface area contributed by atoms with Gasteiger partial charge in [-0.1, -0.05) is 40.2 Å². The first-order valence-corrected chi connectivity index (χ1v) is 10.1. The molecule has 1 aromatic carbocycles. The number of allylic oxidation sites excluding steroid dienone is 1. The van der Waals surface area contributed by atoms with Crippen LogP contribution in [-0.2, 0) is 11.0 Å². The number of rotatable bonds is 4. The average Bonchev–Trinajstić information content (AvgIpc) is 2.63. The molecule has 0 bridgehead atoms. The van der Waals surface area contributed by atoms with Crippen LogP contribution in [0.25, 0.3) is 6.08 Å². The maximum atomic E-state index is 12.8. The summed E-state index contributed by atoms with van der Waals surface area (Å²) < 4.78 is 38.3. The van der Waals surface area contributed by atoms with Crippen molar-refractivity contribution < 1.29 is 18.0 Å². The van der Waals surface area contributed by atoms with E-state index in [0.717, 1.165) is 12.1 Å². The van der Waals surface area contributed by atoms with Crippen LogP contribution in [0.15, 0.2) is 40.0 Å². The Morgan fingerprint density at radius 1 is 1.19 bits per heavy atom. The molecule has 0 aromatic heterocycles. The molecule has 0 saturated carbocycles. The molecule has 0 fully saturated rings. The Morgan fingerprint density at radius 3 is 2.19 bits per heavy atom. The van der Waals surface area contributed by atoms with Crippen molar-refractivity contribution in [1.82, 2.24) is 0 Å². The van der Waals surface area contributed by atoms with E-state index in [1.54, 1.807) is 6.08 Å². The summed E-state index contributed by atoms with van der Waals surface area (Å²) in [5.41, 5.74) is 13.1. The fourth-order valence-corrected chi connectivity index (χ4v) is 3.26. The minimum absolute atomic E-state index is 0.0981. The number of benzene rings is 1. The zero-order chi connectivity index (χ0) is 24.0. The number of aliphatic imine (C=N–C) groups is 1. The van der Waals surface area contributed by atoms with Crippen LogP contribution in [0.5, 0.6) is 0 Å². The first kappa shape index (κ1) is 26.3. The van der Waals surface area contributed by atoms with E-state index in [0.29, 0.717) is 28.0 Å². The number of alkyl halides is 3. The van der Waals surface area contributed by atoms with Crippen LogP contribution in [0.2, 0.25) is 0 Å². The van der Waals surface area contributed by atoms with Gasteiger partial charge in [0.05, 0.1) is 16.8 Å². The number of halogens is 3. The molecule has 1 aliphatic heterocycles. The third-order valence-electron chi connectivity index (χ3n) is 4.58. The number of nitrogens with one attached hydrogen (secondary N) is 1. The molecule has 1 heterocycles. The largest absolute Gasteiger partial charge is 0.416 e. The summed E-state index contributed by atoms with van der Waals surface area (Å²) in [6.07, 6.45) is -0.0913. The quantitative estimate of drug-likeness (QED) is 0.449. The van der Waals surface area contributed by atoms with Crippen LogP contribution in [0, 0.1) is 5.41 Å². The van der Waals surface area contributed by atoms with Gasteiger partial charge in [-0.3, -0.25) is 9.79 Å². The van der Waals surface area contributed by atoms with Crippen molar-refractivity contribution in [3.8, 4) is 0 Å². The number of carbonyl (C=O) groups is 1. The van der Waals surface area contributed by atoms with E-state index in [1.165, 1.54) is 32.9 Å². The van der Waals surface area contributed by atoms with Gasteiger partial charge in [-0.15, -0.1) is 0 Å². The van der Waals surface area contributed by atoms with Crippen LogP contribution in [-0.4, -0.2) is 25.2 Å². The van der Waals surface area contributed by atoms with Gasteiger partial charge in [-0.25, -0.2) is 0 Å². The third-order valence-corrected chi connectivity index (χ3v) is 4.58. The van der Waals surface area contributed by atoms with Gasteiger partial charge in [-0.05, 0) is 48.1 Å². The molecular formula is C23H33F3N4O. The van der Waals surface area contributed by atoms with E-state index in [2.05, 4.69) is 38.0 Å². The summed E-state index contributed by atoms with van der Waals surface area (Å²) in [6, 6.07) is 3.41. The lowest BCUT2D eigenvalue weighted by atomic mass is 9.91. The van der Waals surface area contributed by atoms with Crippen LogP contribution in [0.4, 0.5) is 18.9 Å². The maximum Gasteiger partial charge on any atom is 0.416 e. The average molecular weight is 439 g/mol. The fraction of sp³-hybridized carbons (Fsp3) is 0.478. The van der Waals surface area contributed by atoms with Crippen molar-refractivity contribution >= 4 is 23.4 Å². The molecule has 0 saturated heterocycles. The van der Waals surface area contributed by atoms with Gasteiger partial charge < -0.3 is 16.8 Å². The second kappa shape index (κ2) is 10.5. The molecule has 0 radical (unpaired) electrons. The van der Waals surface area contributed by atoms with Crippen molar-refractivity contribution in [2.45, 2.75) is 53.6 Å². The molecular weight excluding hydrogens is 405 g/mol. The van der Waals surface area contributed by atoms with E-state index < -0.39 is 17.6 Å². The monoisotopic (exact) mass is 438 g/mol. The van der Waals surface area contributed by atoms with E-state index in [-0.39, 0.29) is 17.8 Å². The second-order valence-electron chi connectivity index (χ2n) is 8.63. The number of nitrogens with two attached hydrogens (primary N) is 2. The maximum absolute atomic E-state index is 12.8. The lowest BCUT2D eigenvalue weighted by Gasteiger charge is -2.22. The number of amides is 1. The van der Waals surface area contributed by atoms with Crippen LogP contribution in [0.3, 0.4) is 0 Å². The molecule has 2 rings (SSSR count). The van der Waals surface area contributed by atoms with E-state index in [1.807, 2.05) is 0 Å². The Kier molecular flexibility index (Phi) is 8.90. The van der Waals surface area contributed by atoms with Gasteiger partial charge in [0.1, 0.15) is 0 Å². The molecule has 172 valence electrons. The number of primary amides is 1. The second-order valence-corrected chi connectivity index (χ2v) is 8.63. The zero-order valence-electron chi connectivity index (χ0n) is 19.1. The lowest BCUT2D eigenvalue weighted by molar-refractivity contribution is -0.137. The molecule has 1 aromatic rings. The Hall–Kier alpha value is -2.77. The van der Waals surface area contributed by atoms with Crippen molar-refractivity contribution in [1.29, 1.82) is 0 Å². The molecule has 5 nitrogen and oxygen atoms in total. The highest BCUT2D eigenvalue weighted by molar-refractivity contribution is 6.29. The van der Waals surface area contributed by atoms with Gasteiger partial charge in [-0.2, -0.15) is 13.2 Å². The highest BCUT2D eigenvalue weighted by Crippen LogP contribution is 2.34. The number of carbonyl (C=O) groups excluding carboxylic acids is 1. The summed E-state index contributed by atoms with van der Waals surface area (Å²) in [4.78, 5) is 15.7. The standard InChI is InChI=1S/C16H17F3N4O.C7H16/c1-8(20)13(15(21)24)14(22-2)10-5-9-3-4-11(16(17,18)19)6-12(9)23-7-10;1-5-6-7(2,3)4/h3-6,23H,7,20H2,1-2H3,(H2,21,24);5-6H2,1-4H3/b13-8-,22-14?;. The number of fused-ring (bicyclic) bond motifs is 1. The fourth-order valence-electron chi connectivity index (χ4n) is 3.26. The molecule has 0 atom stereocenters. The minimum atomic E-state index is -4.41. The smallest absolute Gasteiger partial charge is 0.402 e. The van der Waals surface area contributed by atoms with Crippen molar-refractivity contribution in [3.05, 3.63) is 46.2 Å². The molecule has 31 heavy (non-hydrogen) atoms. The first-order valence-electron chi connectivity index (χ1n) is 10.1. The third kappa shape index (κ3) is 7.77. The van der Waals surface area contributed by atoms with E-state index >= 15 is 0 Å². The summed E-state index contributed by atoms with van der Waals surface area (Å²) in [6.45, 7) is 10.8. The lowest BCUT2D eigenvalue weighted by Crippen LogP contribution is -2.28. The van der Waals surface area contributed by atoms with Crippen LogP contribution in [0.1, 0.15) is 58.6 Å².